The van der Waals surface area contributed by atoms with Gasteiger partial charge in [0, 0.05) is 10.0 Å². The van der Waals surface area contributed by atoms with Gasteiger partial charge in [0.25, 0.3) is 0 Å². The third-order valence-electron chi connectivity index (χ3n) is 2.00. The van der Waals surface area contributed by atoms with Gasteiger partial charge in [-0.15, -0.1) is 0 Å². The van der Waals surface area contributed by atoms with Crippen LogP contribution in [-0.4, -0.2) is 12.7 Å². The molecular weight excluding hydrogens is 262 g/mol. The zero-order chi connectivity index (χ0) is 12.3. The summed E-state index contributed by atoms with van der Waals surface area (Å²) in [5, 5.41) is 2.62. The van der Waals surface area contributed by atoms with E-state index in [9.17, 15) is 13.2 Å². The molecule has 1 N–H and O–H groups in total. The Bertz CT molecular complexity index is 366. The van der Waals surface area contributed by atoms with Gasteiger partial charge in [-0.25, -0.2) is 0 Å². The van der Waals surface area contributed by atoms with E-state index >= 15 is 0 Å². The molecule has 0 aliphatic heterocycles. The predicted molar refractivity (Wildman–Crippen MR) is 58.9 cm³/mol. The van der Waals surface area contributed by atoms with Gasteiger partial charge in [0.1, 0.15) is 6.04 Å². The third kappa shape index (κ3) is 3.27. The first-order valence-corrected chi connectivity index (χ1v) is 5.37. The van der Waals surface area contributed by atoms with Crippen molar-refractivity contribution >= 4 is 23.2 Å². The quantitative estimate of drug-likeness (QED) is 0.869. The molecule has 0 aliphatic carbocycles. The van der Waals surface area contributed by atoms with E-state index in [4.69, 9.17) is 23.2 Å². The highest BCUT2D eigenvalue weighted by molar-refractivity contribution is 6.33. The second-order valence-corrected chi connectivity index (χ2v) is 4.04. The molecule has 0 spiro atoms. The molecule has 0 saturated heterocycles. The number of halogens is 5. The highest BCUT2D eigenvalue weighted by Gasteiger charge is 2.41. The number of alkyl halides is 3. The Morgan fingerprint density at radius 2 is 1.94 bits per heavy atom. The van der Waals surface area contributed by atoms with E-state index in [-0.39, 0.29) is 22.2 Å². The van der Waals surface area contributed by atoms with Crippen LogP contribution in [0.4, 0.5) is 13.2 Å². The summed E-state index contributed by atoms with van der Waals surface area (Å²) in [6, 6.07) is 2.25. The molecule has 1 aromatic rings. The molecule has 1 atom stereocenters. The lowest BCUT2D eigenvalue weighted by Gasteiger charge is -2.22. The van der Waals surface area contributed by atoms with Gasteiger partial charge in [0.15, 0.2) is 0 Å². The molecule has 1 unspecified atom stereocenters. The second-order valence-electron chi connectivity index (χ2n) is 3.20. The molecule has 0 amide bonds. The molecule has 90 valence electrons. The summed E-state index contributed by atoms with van der Waals surface area (Å²) in [6.07, 6.45) is -4.40. The Hall–Kier alpha value is -0.450. The van der Waals surface area contributed by atoms with Gasteiger partial charge in [-0.2, -0.15) is 13.2 Å². The van der Waals surface area contributed by atoms with Crippen molar-refractivity contribution in [2.45, 2.75) is 19.1 Å². The van der Waals surface area contributed by atoms with Crippen LogP contribution in [-0.2, 0) is 0 Å². The first kappa shape index (κ1) is 13.6. The largest absolute Gasteiger partial charge is 0.407 e. The molecule has 1 rings (SSSR count). The molecular formula is C10H10Cl2F3N. The van der Waals surface area contributed by atoms with E-state index in [0.717, 1.165) is 0 Å². The van der Waals surface area contributed by atoms with Gasteiger partial charge in [-0.1, -0.05) is 30.1 Å². The van der Waals surface area contributed by atoms with Crippen LogP contribution in [0, 0.1) is 0 Å². The van der Waals surface area contributed by atoms with Gasteiger partial charge in [0.2, 0.25) is 0 Å². The maximum Gasteiger partial charge on any atom is 0.407 e. The van der Waals surface area contributed by atoms with Crippen LogP contribution < -0.4 is 5.32 Å². The molecule has 16 heavy (non-hydrogen) atoms. The van der Waals surface area contributed by atoms with E-state index in [1.54, 1.807) is 6.92 Å². The van der Waals surface area contributed by atoms with Crippen molar-refractivity contribution in [1.29, 1.82) is 0 Å². The van der Waals surface area contributed by atoms with E-state index < -0.39 is 12.2 Å². The lowest BCUT2D eigenvalue weighted by atomic mass is 10.1. The summed E-state index contributed by atoms with van der Waals surface area (Å²) in [7, 11) is 0. The van der Waals surface area contributed by atoms with Crippen molar-refractivity contribution in [3.63, 3.8) is 0 Å². The Morgan fingerprint density at radius 1 is 1.31 bits per heavy atom. The van der Waals surface area contributed by atoms with Crippen molar-refractivity contribution in [2.75, 3.05) is 6.54 Å². The summed E-state index contributed by atoms with van der Waals surface area (Å²) in [5.41, 5.74) is -0.0523. The smallest absolute Gasteiger partial charge is 0.303 e. The van der Waals surface area contributed by atoms with Crippen LogP contribution in [0.5, 0.6) is 0 Å². The van der Waals surface area contributed by atoms with Gasteiger partial charge >= 0.3 is 6.18 Å². The summed E-state index contributed by atoms with van der Waals surface area (Å²) < 4.78 is 38.2. The standard InChI is InChI=1S/C10H10Cl2F3N/c1-2-16-9(10(13,14)15)7-5-6(11)3-4-8(7)12/h3-5,9,16H,2H2,1H3. The van der Waals surface area contributed by atoms with Crippen molar-refractivity contribution in [2.24, 2.45) is 0 Å². The highest BCUT2D eigenvalue weighted by Crippen LogP contribution is 2.37. The molecule has 0 radical (unpaired) electrons. The first-order valence-electron chi connectivity index (χ1n) is 4.61. The molecule has 0 saturated carbocycles. The third-order valence-corrected chi connectivity index (χ3v) is 2.58. The monoisotopic (exact) mass is 271 g/mol. The van der Waals surface area contributed by atoms with Gasteiger partial charge in [0.05, 0.1) is 0 Å². The van der Waals surface area contributed by atoms with Crippen LogP contribution in [0.15, 0.2) is 18.2 Å². The molecule has 0 fully saturated rings. The lowest BCUT2D eigenvalue weighted by molar-refractivity contribution is -0.157. The topological polar surface area (TPSA) is 12.0 Å². The fourth-order valence-corrected chi connectivity index (χ4v) is 1.75. The van der Waals surface area contributed by atoms with E-state index in [2.05, 4.69) is 5.32 Å². The fourth-order valence-electron chi connectivity index (χ4n) is 1.34. The van der Waals surface area contributed by atoms with Gasteiger partial charge < -0.3 is 5.32 Å². The average molecular weight is 272 g/mol. The summed E-state index contributed by atoms with van der Waals surface area (Å²) in [4.78, 5) is 0. The normalized spacial score (nSPS) is 13.9. The SMILES string of the molecule is CCNC(c1cc(Cl)ccc1Cl)C(F)(F)F. The zero-order valence-corrected chi connectivity index (χ0v) is 9.92. The van der Waals surface area contributed by atoms with Crippen LogP contribution >= 0.6 is 23.2 Å². The number of nitrogens with one attached hydrogen (secondary N) is 1. The number of hydrogen-bond acceptors (Lipinski definition) is 1. The Morgan fingerprint density at radius 3 is 2.44 bits per heavy atom. The van der Waals surface area contributed by atoms with Crippen LogP contribution in [0.3, 0.4) is 0 Å². The summed E-state index contributed by atoms with van der Waals surface area (Å²) in [5.74, 6) is 0. The van der Waals surface area contributed by atoms with Crippen molar-refractivity contribution in [1.82, 2.24) is 5.32 Å². The number of benzene rings is 1. The average Bonchev–Trinajstić information content (AvgIpc) is 2.17. The summed E-state index contributed by atoms with van der Waals surface area (Å²) >= 11 is 11.4. The Kier molecular flexibility index (Phi) is 4.47. The Labute approximate surface area is 102 Å². The summed E-state index contributed by atoms with van der Waals surface area (Å²) in [6.45, 7) is 1.78. The zero-order valence-electron chi connectivity index (χ0n) is 8.41. The number of hydrogen-bond donors (Lipinski definition) is 1. The molecule has 0 heterocycles. The van der Waals surface area contributed by atoms with E-state index in [1.807, 2.05) is 0 Å². The van der Waals surface area contributed by atoms with Crippen LogP contribution in [0.2, 0.25) is 10.0 Å². The van der Waals surface area contributed by atoms with Crippen LogP contribution in [0.25, 0.3) is 0 Å². The van der Waals surface area contributed by atoms with Crippen molar-refractivity contribution in [3.8, 4) is 0 Å². The van der Waals surface area contributed by atoms with Gasteiger partial charge in [-0.05, 0) is 30.3 Å². The van der Waals surface area contributed by atoms with Crippen LogP contribution in [0.1, 0.15) is 18.5 Å². The lowest BCUT2D eigenvalue weighted by Crippen LogP contribution is -2.34. The van der Waals surface area contributed by atoms with E-state index in [1.165, 1.54) is 18.2 Å². The maximum absolute atomic E-state index is 12.7. The van der Waals surface area contributed by atoms with Crippen molar-refractivity contribution < 1.29 is 13.2 Å². The maximum atomic E-state index is 12.7. The molecule has 0 bridgehead atoms. The molecule has 6 heteroatoms. The fraction of sp³-hybridized carbons (Fsp3) is 0.400. The molecule has 0 aromatic heterocycles. The molecule has 1 aromatic carbocycles. The Balaban J connectivity index is 3.15. The second kappa shape index (κ2) is 5.25. The highest BCUT2D eigenvalue weighted by atomic mass is 35.5. The van der Waals surface area contributed by atoms with Gasteiger partial charge in [-0.3, -0.25) is 0 Å². The van der Waals surface area contributed by atoms with E-state index in [0.29, 0.717) is 0 Å². The van der Waals surface area contributed by atoms with Crippen molar-refractivity contribution in [3.05, 3.63) is 33.8 Å². The molecule has 1 nitrogen and oxygen atoms in total. The minimum atomic E-state index is -4.40. The first-order chi connectivity index (χ1) is 7.36. The minimum Gasteiger partial charge on any atom is -0.303 e. The number of rotatable bonds is 3. The molecule has 0 aliphatic rings. The predicted octanol–water partition coefficient (Wildman–Crippen LogP) is 4.21. The minimum absolute atomic E-state index is 0.0488.